The number of carboxylic acids is 5. The first-order valence-electron chi connectivity index (χ1n) is 25.1. The van der Waals surface area contributed by atoms with Crippen LogP contribution in [-0.2, 0) is 65.6 Å². The van der Waals surface area contributed by atoms with Crippen molar-refractivity contribution in [1.29, 1.82) is 0 Å². The number of amides is 8. The number of rotatable bonds is 37. The molecule has 0 spiro atoms. The Kier molecular flexibility index (Phi) is 29.0. The summed E-state index contributed by atoms with van der Waals surface area (Å²) in [6, 6.07) is 6.46. The van der Waals surface area contributed by atoms with Crippen LogP contribution in [-0.4, -0.2) is 157 Å². The minimum absolute atomic E-state index is 0.0185. The molecule has 0 heterocycles. The lowest BCUT2D eigenvalue weighted by Crippen LogP contribution is -2.56. The molecule has 2 rings (SSSR count). The van der Waals surface area contributed by atoms with E-state index in [0.29, 0.717) is 36.8 Å². The van der Waals surface area contributed by atoms with Crippen molar-refractivity contribution in [2.75, 3.05) is 12.3 Å². The van der Waals surface area contributed by atoms with Crippen LogP contribution in [0.3, 0.4) is 0 Å². The van der Waals surface area contributed by atoms with Gasteiger partial charge in [0.2, 0.25) is 35.4 Å². The molecule has 0 aromatic heterocycles. The van der Waals surface area contributed by atoms with Crippen LogP contribution in [0.25, 0.3) is 0 Å². The van der Waals surface area contributed by atoms with Gasteiger partial charge in [0.25, 0.3) is 0 Å². The van der Waals surface area contributed by atoms with Crippen molar-refractivity contribution >= 4 is 83.9 Å². The van der Waals surface area contributed by atoms with E-state index in [-0.39, 0.29) is 56.7 Å². The maximum Gasteiger partial charge on any atom is 0.327 e. The standard InChI is InChI=1S/C51H73N9O17S/c1-29(12-10-11-22-51(2,3)60-39(61)19-17-33(47(71)72)58-50(77)59-34(48(73)74)18-20-41(63)64)24-40(62)54-36(26-31-15-8-5-9-16-31)45(69)56-35(25-30-13-6-4-7-14-30)44(68)53-23-21-32(52)43(67)55-37(27-42(65)66)46(70)57-38(28-78)49(75)76/h4-9,13-16,29,32-38,78H,10-12,17-28,52H2,1-3H3,(H,53,68)(H,54,62)(H,55,67)(H,56,69)(H,57,70)(H,60,61)(H,63,64)(H,65,66)(H,71,72)(H,73,74)(H,75,76)(H2,58,59,77)/t29?,32-,33-,34-,35-,36-,37-,38-/m0/s1. The van der Waals surface area contributed by atoms with Crippen LogP contribution in [0.15, 0.2) is 60.7 Å². The molecule has 15 N–H and O–H groups in total. The molecule has 0 fully saturated rings. The first kappa shape index (κ1) is 66.3. The highest BCUT2D eigenvalue weighted by Gasteiger charge is 2.32. The van der Waals surface area contributed by atoms with E-state index in [0.717, 1.165) is 0 Å². The normalized spacial score (nSPS) is 14.2. The molecule has 0 saturated carbocycles. The average molecular weight is 1120 g/mol. The van der Waals surface area contributed by atoms with Crippen LogP contribution in [0.2, 0.25) is 0 Å². The number of nitrogens with one attached hydrogen (secondary N) is 8. The van der Waals surface area contributed by atoms with E-state index in [1.165, 1.54) is 0 Å². The van der Waals surface area contributed by atoms with Gasteiger partial charge in [-0.2, -0.15) is 12.6 Å². The summed E-state index contributed by atoms with van der Waals surface area (Å²) in [4.78, 5) is 149. The van der Waals surface area contributed by atoms with Crippen LogP contribution in [0.5, 0.6) is 0 Å². The highest BCUT2D eigenvalue weighted by atomic mass is 32.1. The van der Waals surface area contributed by atoms with E-state index >= 15 is 0 Å². The fourth-order valence-electron chi connectivity index (χ4n) is 7.77. The monoisotopic (exact) mass is 1120 g/mol. The number of unbranched alkanes of at least 4 members (excludes halogenated alkanes) is 1. The zero-order chi connectivity index (χ0) is 58.5. The van der Waals surface area contributed by atoms with E-state index in [9.17, 15) is 78.0 Å². The summed E-state index contributed by atoms with van der Waals surface area (Å²) in [5, 5.41) is 65.8. The zero-order valence-corrected chi connectivity index (χ0v) is 44.6. The quantitative estimate of drug-likeness (QED) is 0.0314. The fourth-order valence-corrected chi connectivity index (χ4v) is 8.01. The first-order valence-corrected chi connectivity index (χ1v) is 25.8. The molecule has 2 aromatic carbocycles. The van der Waals surface area contributed by atoms with Gasteiger partial charge in [0.15, 0.2) is 0 Å². The van der Waals surface area contributed by atoms with Crippen molar-refractivity contribution in [3.8, 4) is 0 Å². The number of benzene rings is 2. The number of carbonyl (C=O) groups is 12. The van der Waals surface area contributed by atoms with Crippen LogP contribution in [0.4, 0.5) is 4.79 Å². The molecule has 0 aliphatic heterocycles. The predicted octanol–water partition coefficient (Wildman–Crippen LogP) is 0.0657. The van der Waals surface area contributed by atoms with Crippen LogP contribution < -0.4 is 48.3 Å². The molecule has 0 aliphatic rings. The maximum absolute atomic E-state index is 14.1. The summed E-state index contributed by atoms with van der Waals surface area (Å²) in [6.07, 6.45) is -0.264. The van der Waals surface area contributed by atoms with E-state index in [1.807, 2.05) is 12.2 Å². The Balaban J connectivity index is 2.03. The van der Waals surface area contributed by atoms with Crippen molar-refractivity contribution < 1.29 is 83.1 Å². The fraction of sp³-hybridized carbons (Fsp3) is 0.529. The van der Waals surface area contributed by atoms with Gasteiger partial charge in [-0.15, -0.1) is 0 Å². The largest absolute Gasteiger partial charge is 0.481 e. The SMILES string of the molecule is CC(CCCCC(C)(C)NC(=O)CC[C@H](NC(=O)N[C@@H](CCC(=O)O)C(=O)O)C(=O)O)CC(=O)N[C@@H](Cc1ccccc1)C(=O)N[C@@H](Cc1ccccc1)C(=O)NCC[C@H](N)C(=O)N[C@@H](CC(=O)O)C(=O)N[C@@H](CS)C(=O)O. The molecule has 430 valence electrons. The Morgan fingerprint density at radius 1 is 0.526 bits per heavy atom. The summed E-state index contributed by atoms with van der Waals surface area (Å²) in [6.45, 7) is 5.20. The minimum Gasteiger partial charge on any atom is -0.481 e. The van der Waals surface area contributed by atoms with E-state index in [2.05, 4.69) is 49.8 Å². The van der Waals surface area contributed by atoms with Crippen molar-refractivity contribution in [3.63, 3.8) is 0 Å². The number of carbonyl (C=O) groups excluding carboxylic acids is 7. The number of hydrogen-bond donors (Lipinski definition) is 15. The third-order valence-electron chi connectivity index (χ3n) is 12.0. The minimum atomic E-state index is -1.69. The molecule has 0 radical (unpaired) electrons. The molecule has 0 saturated heterocycles. The maximum atomic E-state index is 14.1. The number of thiol groups is 1. The molecule has 78 heavy (non-hydrogen) atoms. The van der Waals surface area contributed by atoms with Gasteiger partial charge in [-0.3, -0.25) is 38.4 Å². The van der Waals surface area contributed by atoms with Crippen LogP contribution in [0, 0.1) is 5.92 Å². The smallest absolute Gasteiger partial charge is 0.327 e. The molecular weight excluding hydrogens is 1040 g/mol. The number of carboxylic acid groups (broad SMARTS) is 5. The topological polar surface area (TPSA) is 428 Å². The van der Waals surface area contributed by atoms with Crippen molar-refractivity contribution in [2.24, 2.45) is 11.7 Å². The van der Waals surface area contributed by atoms with Gasteiger partial charge in [-0.05, 0) is 56.6 Å². The number of urea groups is 1. The molecular formula is C51H73N9O17S. The van der Waals surface area contributed by atoms with E-state index < -0.39 is 138 Å². The summed E-state index contributed by atoms with van der Waals surface area (Å²) in [5.74, 6) is -12.0. The van der Waals surface area contributed by atoms with E-state index in [4.69, 9.17) is 10.8 Å². The molecule has 2 aromatic rings. The first-order chi connectivity index (χ1) is 36.7. The lowest BCUT2D eigenvalue weighted by atomic mass is 9.93. The van der Waals surface area contributed by atoms with Gasteiger partial charge >= 0.3 is 35.9 Å². The second-order valence-corrected chi connectivity index (χ2v) is 19.7. The molecule has 1 unspecified atom stereocenters. The molecule has 8 atom stereocenters. The average Bonchev–Trinajstić information content (AvgIpc) is 3.36. The van der Waals surface area contributed by atoms with E-state index in [1.54, 1.807) is 74.5 Å². The second kappa shape index (κ2) is 34.1. The highest BCUT2D eigenvalue weighted by molar-refractivity contribution is 7.80. The van der Waals surface area contributed by atoms with Gasteiger partial charge in [-0.1, -0.05) is 86.8 Å². The van der Waals surface area contributed by atoms with Gasteiger partial charge in [0, 0.05) is 49.9 Å². The summed E-state index contributed by atoms with van der Waals surface area (Å²) < 4.78 is 0. The third-order valence-corrected chi connectivity index (χ3v) is 12.4. The molecule has 0 aliphatic carbocycles. The summed E-state index contributed by atoms with van der Waals surface area (Å²) in [5.41, 5.74) is 6.69. The summed E-state index contributed by atoms with van der Waals surface area (Å²) >= 11 is 3.86. The van der Waals surface area contributed by atoms with Crippen LogP contribution >= 0.6 is 12.6 Å². The predicted molar refractivity (Wildman–Crippen MR) is 282 cm³/mol. The molecule has 0 bridgehead atoms. The van der Waals surface area contributed by atoms with Gasteiger partial charge < -0.3 is 73.8 Å². The van der Waals surface area contributed by atoms with Crippen molar-refractivity contribution in [1.82, 2.24) is 42.5 Å². The number of nitrogens with two attached hydrogens (primary N) is 1. The Labute approximate surface area is 456 Å². The van der Waals surface area contributed by atoms with Gasteiger partial charge in [-0.25, -0.2) is 19.2 Å². The lowest BCUT2D eigenvalue weighted by Gasteiger charge is -2.27. The Hall–Kier alpha value is -7.81. The lowest BCUT2D eigenvalue weighted by molar-refractivity contribution is -0.143. The number of hydrogen-bond acceptors (Lipinski definition) is 14. The molecule has 27 heteroatoms. The van der Waals surface area contributed by atoms with Crippen LogP contribution in [0.1, 0.15) is 103 Å². The van der Waals surface area contributed by atoms with Crippen molar-refractivity contribution in [2.45, 2.75) is 152 Å². The Morgan fingerprint density at radius 2 is 1.01 bits per heavy atom. The number of aliphatic carboxylic acids is 5. The molecule has 8 amide bonds. The summed E-state index contributed by atoms with van der Waals surface area (Å²) in [7, 11) is 0. The third kappa shape index (κ3) is 26.8. The Bertz CT molecular complexity index is 2380. The van der Waals surface area contributed by atoms with Gasteiger partial charge in [0.1, 0.15) is 36.3 Å². The van der Waals surface area contributed by atoms with Gasteiger partial charge in [0.05, 0.1) is 12.5 Å². The second-order valence-electron chi connectivity index (χ2n) is 19.3. The Morgan fingerprint density at radius 3 is 1.51 bits per heavy atom. The van der Waals surface area contributed by atoms with Crippen molar-refractivity contribution in [3.05, 3.63) is 71.8 Å². The zero-order valence-electron chi connectivity index (χ0n) is 43.7. The highest BCUT2D eigenvalue weighted by Crippen LogP contribution is 2.19. The molecule has 26 nitrogen and oxygen atoms in total.